The van der Waals surface area contributed by atoms with Crippen molar-refractivity contribution < 1.29 is 13.9 Å². The number of amides is 1. The van der Waals surface area contributed by atoms with Gasteiger partial charge in [-0.2, -0.15) is 5.10 Å². The molecule has 4 heterocycles. The number of carbonyl (C=O) groups excluding carboxylic acids is 1. The number of rotatable bonds is 10. The smallest absolute Gasteiger partial charge is 0.254 e. The molecule has 1 atom stereocenters. The highest BCUT2D eigenvalue weighted by molar-refractivity contribution is 6.01. The lowest BCUT2D eigenvalue weighted by Gasteiger charge is -2.30. The fourth-order valence-corrected chi connectivity index (χ4v) is 5.89. The normalized spacial score (nSPS) is 16.1. The lowest BCUT2D eigenvalue weighted by molar-refractivity contribution is 0.0725. The molecule has 0 spiro atoms. The monoisotopic (exact) mass is 556 g/mol. The molecule has 1 aliphatic heterocycles. The van der Waals surface area contributed by atoms with E-state index in [1.807, 2.05) is 25.2 Å². The number of nitrogens with two attached hydrogens (primary N) is 1. The Bertz CT molecular complexity index is 1740. The minimum absolute atomic E-state index is 0.111. The van der Waals surface area contributed by atoms with Crippen molar-refractivity contribution in [1.82, 2.24) is 33.8 Å². The fraction of sp³-hybridized carbons (Fsp3) is 0.400. The first-order valence-electron chi connectivity index (χ1n) is 14.2. The van der Waals surface area contributed by atoms with Gasteiger partial charge in [0.1, 0.15) is 31.7 Å². The van der Waals surface area contributed by atoms with Gasteiger partial charge in [0.25, 0.3) is 5.91 Å². The van der Waals surface area contributed by atoms with Crippen molar-refractivity contribution in [2.24, 2.45) is 18.7 Å². The Labute approximate surface area is 236 Å². The summed E-state index contributed by atoms with van der Waals surface area (Å²) in [7, 11) is 2.03. The molecule has 1 unspecified atom stereocenters. The van der Waals surface area contributed by atoms with Gasteiger partial charge in [-0.1, -0.05) is 12.1 Å². The molecule has 1 aliphatic carbocycles. The number of ether oxygens (including phenoxy) is 1. The molecule has 212 valence electrons. The van der Waals surface area contributed by atoms with Crippen LogP contribution in [0.1, 0.15) is 28.8 Å². The summed E-state index contributed by atoms with van der Waals surface area (Å²) in [6.07, 6.45) is 6.34. The fourth-order valence-electron chi connectivity index (χ4n) is 5.89. The summed E-state index contributed by atoms with van der Waals surface area (Å²) in [6.45, 7) is 2.08. The van der Waals surface area contributed by atoms with Crippen molar-refractivity contribution in [3.63, 3.8) is 0 Å². The van der Waals surface area contributed by atoms with E-state index in [1.165, 1.54) is 19.2 Å². The zero-order chi connectivity index (χ0) is 28.1. The number of aryl methyl sites for hydroxylation is 1. The average molecular weight is 557 g/mol. The maximum atomic E-state index is 13.3. The number of fused-ring (bicyclic) bond motifs is 3. The van der Waals surface area contributed by atoms with Crippen LogP contribution in [0.4, 0.5) is 4.39 Å². The highest BCUT2D eigenvalue weighted by Crippen LogP contribution is 2.39. The number of halogens is 1. The number of nitrogens with zero attached hydrogens (tertiary/aromatic N) is 7. The van der Waals surface area contributed by atoms with Crippen LogP contribution in [0.3, 0.4) is 0 Å². The molecule has 1 saturated carbocycles. The van der Waals surface area contributed by atoms with Gasteiger partial charge in [0.2, 0.25) is 0 Å². The Balaban J connectivity index is 1.27. The Morgan fingerprint density at radius 1 is 1.22 bits per heavy atom. The molecule has 2 aromatic carbocycles. The van der Waals surface area contributed by atoms with Gasteiger partial charge < -0.3 is 24.5 Å². The van der Waals surface area contributed by atoms with Gasteiger partial charge in [-0.15, -0.1) is 0 Å². The van der Waals surface area contributed by atoms with Gasteiger partial charge in [-0.05, 0) is 55.0 Å². The number of carbonyl (C=O) groups is 1. The number of hydrogen-bond donors (Lipinski definition) is 1. The largest absolute Gasteiger partial charge is 0.489 e. The van der Waals surface area contributed by atoms with Crippen LogP contribution in [0.5, 0.6) is 5.75 Å². The van der Waals surface area contributed by atoms with E-state index >= 15 is 0 Å². The molecule has 1 amide bonds. The van der Waals surface area contributed by atoms with E-state index in [1.54, 1.807) is 15.9 Å². The molecule has 0 bridgehead atoms. The zero-order valence-electron chi connectivity index (χ0n) is 23.0. The van der Waals surface area contributed by atoms with E-state index in [0.29, 0.717) is 37.6 Å². The Morgan fingerprint density at radius 2 is 2.10 bits per heavy atom. The molecule has 3 aromatic heterocycles. The third kappa shape index (κ3) is 4.73. The first-order valence-corrected chi connectivity index (χ1v) is 14.2. The van der Waals surface area contributed by atoms with E-state index in [9.17, 15) is 9.18 Å². The first kappa shape index (κ1) is 25.7. The van der Waals surface area contributed by atoms with Crippen LogP contribution in [0.15, 0.2) is 49.1 Å². The zero-order valence-corrected chi connectivity index (χ0v) is 23.0. The Hall–Kier alpha value is -4.25. The topological polar surface area (TPSA) is 109 Å². The summed E-state index contributed by atoms with van der Waals surface area (Å²) in [6, 6.07) is 11.6. The number of para-hydroxylation sites is 1. The van der Waals surface area contributed by atoms with Crippen molar-refractivity contribution >= 4 is 27.8 Å². The van der Waals surface area contributed by atoms with Crippen LogP contribution in [0.25, 0.3) is 33.5 Å². The van der Waals surface area contributed by atoms with Gasteiger partial charge in [0.05, 0.1) is 34.8 Å². The van der Waals surface area contributed by atoms with Crippen molar-refractivity contribution in [1.29, 1.82) is 0 Å². The van der Waals surface area contributed by atoms with Crippen molar-refractivity contribution in [3.8, 4) is 17.3 Å². The molecule has 10 nitrogen and oxygen atoms in total. The van der Waals surface area contributed by atoms with Gasteiger partial charge in [-0.3, -0.25) is 4.79 Å². The predicted molar refractivity (Wildman–Crippen MR) is 153 cm³/mol. The van der Waals surface area contributed by atoms with Gasteiger partial charge in [0.15, 0.2) is 5.82 Å². The van der Waals surface area contributed by atoms with Crippen LogP contribution in [0, 0.1) is 5.92 Å². The summed E-state index contributed by atoms with van der Waals surface area (Å²) < 4.78 is 25.5. The van der Waals surface area contributed by atoms with Crippen molar-refractivity contribution in [3.05, 3.63) is 60.2 Å². The minimum atomic E-state index is -0.671. The van der Waals surface area contributed by atoms with E-state index in [0.717, 1.165) is 51.3 Å². The maximum Gasteiger partial charge on any atom is 0.254 e. The Kier molecular flexibility index (Phi) is 6.45. The third-order valence-electron chi connectivity index (χ3n) is 8.22. The number of benzene rings is 2. The predicted octanol–water partition coefficient (Wildman–Crippen LogP) is 3.57. The molecule has 11 heteroatoms. The van der Waals surface area contributed by atoms with E-state index in [-0.39, 0.29) is 12.5 Å². The van der Waals surface area contributed by atoms with Gasteiger partial charge in [-0.25, -0.2) is 19.0 Å². The summed E-state index contributed by atoms with van der Waals surface area (Å²) in [5.41, 5.74) is 11.3. The minimum Gasteiger partial charge on any atom is -0.489 e. The molecule has 2 aliphatic rings. The molecule has 1 fully saturated rings. The number of alkyl halides is 1. The quantitative estimate of drug-likeness (QED) is 0.282. The second-order valence-electron chi connectivity index (χ2n) is 11.2. The molecule has 7 rings (SSSR count). The lowest BCUT2D eigenvalue weighted by atomic mass is 9.97. The van der Waals surface area contributed by atoms with E-state index in [2.05, 4.69) is 37.4 Å². The second kappa shape index (κ2) is 10.3. The van der Waals surface area contributed by atoms with Crippen LogP contribution >= 0.6 is 0 Å². The summed E-state index contributed by atoms with van der Waals surface area (Å²) in [5.74, 6) is 2.20. The van der Waals surface area contributed by atoms with Crippen LogP contribution in [0.2, 0.25) is 0 Å². The molecule has 0 saturated heterocycles. The van der Waals surface area contributed by atoms with Crippen LogP contribution < -0.4 is 10.5 Å². The van der Waals surface area contributed by atoms with Gasteiger partial charge >= 0.3 is 0 Å². The third-order valence-corrected chi connectivity index (χ3v) is 8.22. The van der Waals surface area contributed by atoms with Crippen molar-refractivity contribution in [2.75, 3.05) is 26.4 Å². The first-order chi connectivity index (χ1) is 20.0. The summed E-state index contributed by atoms with van der Waals surface area (Å²) >= 11 is 0. The Morgan fingerprint density at radius 3 is 2.88 bits per heavy atom. The highest BCUT2D eigenvalue weighted by Gasteiger charge is 2.29. The van der Waals surface area contributed by atoms with E-state index < -0.39 is 12.7 Å². The molecule has 2 N–H and O–H groups in total. The van der Waals surface area contributed by atoms with Crippen molar-refractivity contribution in [2.45, 2.75) is 38.4 Å². The number of hydrogen-bond acceptors (Lipinski definition) is 6. The standard InChI is InChI=1S/C30H33FN8O2/c1-36-25-11-20-7-8-37(16-22(32)14-31)30(40)23(20)13-24(25)35-29(36)26-12-21-3-2-4-27(28(21)39(26)15-19-5-6-19)41-10-9-38-18-33-17-34-38/h2-4,11-13,17-19,22H,5-10,14-16,32H2,1H3. The summed E-state index contributed by atoms with van der Waals surface area (Å²) in [4.78, 5) is 24.0. The number of aromatic nitrogens is 6. The molecule has 41 heavy (non-hydrogen) atoms. The molecule has 0 radical (unpaired) electrons. The molecular formula is C30H33FN8O2. The molecule has 5 aromatic rings. The number of imidazole rings is 1. The lowest BCUT2D eigenvalue weighted by Crippen LogP contribution is -2.45. The highest BCUT2D eigenvalue weighted by atomic mass is 19.1. The van der Waals surface area contributed by atoms with E-state index in [4.69, 9.17) is 15.5 Å². The SMILES string of the molecule is Cn1c(-c2cc3cccc(OCCn4cncn4)c3n2CC2CC2)nc2cc3c(cc21)CCN(CC(N)CF)C3=O. The summed E-state index contributed by atoms with van der Waals surface area (Å²) in [5, 5.41) is 5.27. The average Bonchev–Trinajstić information content (AvgIpc) is 3.35. The van der Waals surface area contributed by atoms with Crippen LogP contribution in [-0.2, 0) is 26.6 Å². The molecular weight excluding hydrogens is 523 g/mol. The second-order valence-corrected chi connectivity index (χ2v) is 11.2. The van der Waals surface area contributed by atoms with Crippen LogP contribution in [-0.4, -0.2) is 72.1 Å². The van der Waals surface area contributed by atoms with Gasteiger partial charge in [0, 0.05) is 37.6 Å². The maximum absolute atomic E-state index is 13.3.